The van der Waals surface area contributed by atoms with Crippen molar-refractivity contribution in [1.29, 1.82) is 0 Å². The molecule has 0 heterocycles. The molecule has 0 unspecified atom stereocenters. The minimum Gasteiger partial charge on any atom is -0.349 e. The van der Waals surface area contributed by atoms with E-state index in [1.54, 1.807) is 0 Å². The van der Waals surface area contributed by atoms with Crippen LogP contribution in [0.5, 0.6) is 0 Å². The molecule has 3 rings (SSSR count). The monoisotopic (exact) mass is 375 g/mol. The summed E-state index contributed by atoms with van der Waals surface area (Å²) in [7, 11) is 0. The van der Waals surface area contributed by atoms with Crippen LogP contribution in [0.15, 0.2) is 60.7 Å². The quantitative estimate of drug-likeness (QED) is 0.655. The van der Waals surface area contributed by atoms with Crippen molar-refractivity contribution >= 4 is 12.0 Å². The Morgan fingerprint density at radius 3 is 2.21 bits per heavy atom. The fourth-order valence-electron chi connectivity index (χ4n) is 3.82. The highest BCUT2D eigenvalue weighted by Gasteiger charge is 2.23. The van der Waals surface area contributed by atoms with Crippen molar-refractivity contribution in [3.63, 3.8) is 0 Å². The number of amides is 1. The van der Waals surface area contributed by atoms with Gasteiger partial charge in [-0.15, -0.1) is 0 Å². The van der Waals surface area contributed by atoms with Crippen molar-refractivity contribution in [3.8, 4) is 0 Å². The Bertz CT molecular complexity index is 775. The summed E-state index contributed by atoms with van der Waals surface area (Å²) in [6, 6.07) is 18.9. The Kier molecular flexibility index (Phi) is 6.72. The summed E-state index contributed by atoms with van der Waals surface area (Å²) in [5, 5.41) is 3.24. The number of carbonyl (C=O) groups is 1. The third kappa shape index (κ3) is 6.37. The van der Waals surface area contributed by atoms with Crippen LogP contribution in [0, 0.1) is 11.3 Å². The average molecular weight is 376 g/mol. The molecule has 148 valence electrons. The van der Waals surface area contributed by atoms with Gasteiger partial charge in [-0.3, -0.25) is 4.79 Å². The Morgan fingerprint density at radius 1 is 0.964 bits per heavy atom. The molecule has 1 N–H and O–H groups in total. The van der Waals surface area contributed by atoms with Gasteiger partial charge in [0.05, 0.1) is 0 Å². The van der Waals surface area contributed by atoms with E-state index >= 15 is 0 Å². The van der Waals surface area contributed by atoms with E-state index in [1.165, 1.54) is 18.4 Å². The van der Waals surface area contributed by atoms with Crippen LogP contribution in [-0.4, -0.2) is 11.9 Å². The molecular weight excluding hydrogens is 342 g/mol. The zero-order valence-electron chi connectivity index (χ0n) is 17.4. The van der Waals surface area contributed by atoms with Crippen LogP contribution in [-0.2, 0) is 6.42 Å². The van der Waals surface area contributed by atoms with Crippen LogP contribution in [0.1, 0.15) is 67.9 Å². The third-order valence-corrected chi connectivity index (χ3v) is 5.50. The molecule has 1 aliphatic rings. The van der Waals surface area contributed by atoms with Crippen LogP contribution in [0.3, 0.4) is 0 Å². The summed E-state index contributed by atoms with van der Waals surface area (Å²) in [4.78, 5) is 12.6. The van der Waals surface area contributed by atoms with Gasteiger partial charge < -0.3 is 5.32 Å². The minimum atomic E-state index is 0.0536. The first-order valence-electron chi connectivity index (χ1n) is 10.5. The molecule has 2 nitrogen and oxygen atoms in total. The summed E-state index contributed by atoms with van der Waals surface area (Å²) in [6.07, 6.45) is 10.0. The van der Waals surface area contributed by atoms with Gasteiger partial charge in [0.2, 0.25) is 0 Å². The molecule has 0 radical (unpaired) electrons. The fourth-order valence-corrected chi connectivity index (χ4v) is 3.82. The molecular formula is C26H33NO. The zero-order valence-corrected chi connectivity index (χ0v) is 17.4. The van der Waals surface area contributed by atoms with Crippen LogP contribution >= 0.6 is 0 Å². The first-order chi connectivity index (χ1) is 13.4. The van der Waals surface area contributed by atoms with Gasteiger partial charge in [-0.1, -0.05) is 75.4 Å². The zero-order chi connectivity index (χ0) is 20.0. The largest absolute Gasteiger partial charge is 0.349 e. The lowest BCUT2D eigenvalue weighted by Crippen LogP contribution is -2.37. The molecule has 0 atom stereocenters. The molecule has 28 heavy (non-hydrogen) atoms. The summed E-state index contributed by atoms with van der Waals surface area (Å²) >= 11 is 0. The number of hydrogen-bond donors (Lipinski definition) is 1. The lowest BCUT2D eigenvalue weighted by Gasteiger charge is -2.29. The van der Waals surface area contributed by atoms with E-state index in [2.05, 4.69) is 68.6 Å². The molecule has 2 aromatic carbocycles. The molecule has 2 heteroatoms. The van der Waals surface area contributed by atoms with Gasteiger partial charge in [-0.2, -0.15) is 0 Å². The second-order valence-corrected chi connectivity index (χ2v) is 9.20. The van der Waals surface area contributed by atoms with Crippen molar-refractivity contribution in [2.75, 3.05) is 0 Å². The van der Waals surface area contributed by atoms with Crippen LogP contribution < -0.4 is 5.32 Å². The third-order valence-electron chi connectivity index (χ3n) is 5.50. The Labute approximate surface area is 170 Å². The lowest BCUT2D eigenvalue weighted by atomic mass is 9.82. The number of allylic oxidation sites excluding steroid dienone is 1. The highest BCUT2D eigenvalue weighted by molar-refractivity contribution is 5.94. The smallest absolute Gasteiger partial charge is 0.251 e. The number of nitrogens with one attached hydrogen (secondary N) is 1. The van der Waals surface area contributed by atoms with Crippen LogP contribution in [0.2, 0.25) is 0 Å². The molecule has 0 bridgehead atoms. The molecule has 1 saturated carbocycles. The van der Waals surface area contributed by atoms with E-state index in [4.69, 9.17) is 0 Å². The molecule has 1 amide bonds. The fraction of sp³-hybridized carbons (Fsp3) is 0.423. The summed E-state index contributed by atoms with van der Waals surface area (Å²) in [5.74, 6) is 0.794. The van der Waals surface area contributed by atoms with Crippen molar-refractivity contribution < 1.29 is 4.79 Å². The summed E-state index contributed by atoms with van der Waals surface area (Å²) in [6.45, 7) is 6.54. The topological polar surface area (TPSA) is 29.1 Å². The van der Waals surface area contributed by atoms with Gasteiger partial charge in [0, 0.05) is 11.6 Å². The summed E-state index contributed by atoms with van der Waals surface area (Å²) < 4.78 is 0. The van der Waals surface area contributed by atoms with Gasteiger partial charge in [0.25, 0.3) is 5.91 Å². The number of hydrogen-bond acceptors (Lipinski definition) is 1. The van der Waals surface area contributed by atoms with Crippen LogP contribution in [0.4, 0.5) is 0 Å². The first-order valence-corrected chi connectivity index (χ1v) is 10.5. The van der Waals surface area contributed by atoms with E-state index in [0.29, 0.717) is 6.04 Å². The molecule has 0 aromatic heterocycles. The van der Waals surface area contributed by atoms with Crippen molar-refractivity contribution in [1.82, 2.24) is 5.32 Å². The number of carbonyl (C=O) groups excluding carboxylic acids is 1. The average Bonchev–Trinajstić information content (AvgIpc) is 2.68. The van der Waals surface area contributed by atoms with Gasteiger partial charge in [-0.05, 0) is 66.7 Å². The van der Waals surface area contributed by atoms with Crippen LogP contribution in [0.25, 0.3) is 6.08 Å². The van der Waals surface area contributed by atoms with Gasteiger partial charge >= 0.3 is 0 Å². The van der Waals surface area contributed by atoms with Crippen molar-refractivity contribution in [3.05, 3.63) is 77.4 Å². The SMILES string of the molecule is CC(C)(C)/C=C/c1ccc(C(=O)NC2CCC(Cc3ccccc3)CC2)cc1. The van der Waals surface area contributed by atoms with E-state index in [0.717, 1.165) is 36.3 Å². The second-order valence-electron chi connectivity index (χ2n) is 9.20. The summed E-state index contributed by atoms with van der Waals surface area (Å²) in [5.41, 5.74) is 3.47. The Hall–Kier alpha value is -2.35. The number of rotatable bonds is 5. The first kappa shape index (κ1) is 20.4. The Morgan fingerprint density at radius 2 is 1.61 bits per heavy atom. The van der Waals surface area contributed by atoms with E-state index in [-0.39, 0.29) is 11.3 Å². The number of benzene rings is 2. The minimum absolute atomic E-state index is 0.0536. The Balaban J connectivity index is 1.47. The molecule has 0 spiro atoms. The van der Waals surface area contributed by atoms with Gasteiger partial charge in [0.15, 0.2) is 0 Å². The maximum atomic E-state index is 12.6. The van der Waals surface area contributed by atoms with E-state index < -0.39 is 0 Å². The van der Waals surface area contributed by atoms with Crippen molar-refractivity contribution in [2.45, 2.75) is 58.9 Å². The van der Waals surface area contributed by atoms with E-state index in [9.17, 15) is 4.79 Å². The normalized spacial score (nSPS) is 20.2. The molecule has 2 aromatic rings. The van der Waals surface area contributed by atoms with Gasteiger partial charge in [0.1, 0.15) is 0 Å². The molecule has 0 saturated heterocycles. The highest BCUT2D eigenvalue weighted by atomic mass is 16.1. The standard InChI is InChI=1S/C26H33NO/c1-26(2,3)18-17-20-9-13-23(14-10-20)25(28)27-24-15-11-22(12-16-24)19-21-7-5-4-6-8-21/h4-10,13-14,17-18,22,24H,11-12,15-16,19H2,1-3H3,(H,27,28)/b18-17+. The van der Waals surface area contributed by atoms with Gasteiger partial charge in [-0.25, -0.2) is 0 Å². The van der Waals surface area contributed by atoms with E-state index in [1.807, 2.05) is 24.3 Å². The van der Waals surface area contributed by atoms with Crippen molar-refractivity contribution in [2.24, 2.45) is 11.3 Å². The highest BCUT2D eigenvalue weighted by Crippen LogP contribution is 2.27. The lowest BCUT2D eigenvalue weighted by molar-refractivity contribution is 0.0922. The predicted octanol–water partition coefficient (Wildman–Crippen LogP) is 6.28. The molecule has 1 fully saturated rings. The second kappa shape index (κ2) is 9.23. The molecule has 0 aliphatic heterocycles. The maximum Gasteiger partial charge on any atom is 0.251 e. The maximum absolute atomic E-state index is 12.6. The molecule has 1 aliphatic carbocycles. The predicted molar refractivity (Wildman–Crippen MR) is 118 cm³/mol.